The molecule has 1 aromatic carbocycles. The quantitative estimate of drug-likeness (QED) is 0.509. The van der Waals surface area contributed by atoms with E-state index >= 15 is 0 Å². The molecule has 1 N–H and O–H groups in total. The molecule has 120 valence electrons. The van der Waals surface area contributed by atoms with Crippen molar-refractivity contribution in [3.63, 3.8) is 0 Å². The van der Waals surface area contributed by atoms with Crippen molar-refractivity contribution in [2.24, 2.45) is 0 Å². The monoisotopic (exact) mass is 310 g/mol. The number of unbranched alkanes of at least 4 members (excludes halogenated alkanes) is 3. The summed E-state index contributed by atoms with van der Waals surface area (Å²) in [5.41, 5.74) is 3.63. The Bertz CT molecular complexity index is 787. The zero-order valence-corrected chi connectivity index (χ0v) is 13.5. The van der Waals surface area contributed by atoms with Gasteiger partial charge in [-0.2, -0.15) is 0 Å². The zero-order valence-electron chi connectivity index (χ0n) is 13.5. The highest BCUT2D eigenvalue weighted by atomic mass is 16.1. The summed E-state index contributed by atoms with van der Waals surface area (Å²) in [6.07, 6.45) is 8.16. The van der Waals surface area contributed by atoms with Crippen LogP contribution >= 0.6 is 0 Å². The number of aromatic nitrogens is 4. The van der Waals surface area contributed by atoms with Gasteiger partial charge in [-0.1, -0.05) is 49.6 Å². The van der Waals surface area contributed by atoms with E-state index < -0.39 is 0 Å². The van der Waals surface area contributed by atoms with Crippen molar-refractivity contribution in [1.82, 2.24) is 20.0 Å². The first-order valence-corrected chi connectivity index (χ1v) is 8.26. The number of hydrogen-bond acceptors (Lipinski definition) is 3. The van der Waals surface area contributed by atoms with Gasteiger partial charge in [-0.05, 0) is 18.1 Å². The number of benzene rings is 1. The number of nitrogens with zero attached hydrogens (tertiary/aromatic N) is 3. The molecule has 0 atom stereocenters. The van der Waals surface area contributed by atoms with Gasteiger partial charge in [0.05, 0.1) is 5.69 Å². The molecule has 5 heteroatoms. The molecular formula is C18H22N4O. The van der Waals surface area contributed by atoms with Gasteiger partial charge in [0.1, 0.15) is 5.69 Å². The van der Waals surface area contributed by atoms with E-state index in [1.807, 2.05) is 23.0 Å². The second-order valence-electron chi connectivity index (χ2n) is 5.86. The number of para-hydroxylation sites is 1. The van der Waals surface area contributed by atoms with Crippen LogP contribution in [0.5, 0.6) is 0 Å². The lowest BCUT2D eigenvalue weighted by molar-refractivity contribution is 0.111. The van der Waals surface area contributed by atoms with Crippen molar-refractivity contribution < 1.29 is 4.79 Å². The molecule has 3 rings (SSSR count). The van der Waals surface area contributed by atoms with E-state index in [4.69, 9.17) is 0 Å². The Labute approximate surface area is 135 Å². The first kappa shape index (κ1) is 15.5. The highest BCUT2D eigenvalue weighted by Crippen LogP contribution is 2.21. The Morgan fingerprint density at radius 2 is 2.09 bits per heavy atom. The standard InChI is InChI=1S/C18H22N4O/c1-2-3-4-7-10-22-18(17(13-23)20-21-22)11-14-12-19-16-9-6-5-8-15(14)16/h5-6,8-9,12-13,19H,2-4,7,10-11H2,1H3. The third-order valence-electron chi connectivity index (χ3n) is 4.24. The van der Waals surface area contributed by atoms with Crippen LogP contribution < -0.4 is 0 Å². The maximum absolute atomic E-state index is 11.3. The van der Waals surface area contributed by atoms with E-state index in [9.17, 15) is 4.79 Å². The largest absolute Gasteiger partial charge is 0.361 e. The van der Waals surface area contributed by atoms with Gasteiger partial charge >= 0.3 is 0 Å². The van der Waals surface area contributed by atoms with Crippen molar-refractivity contribution in [1.29, 1.82) is 0 Å². The van der Waals surface area contributed by atoms with Gasteiger partial charge in [0.2, 0.25) is 0 Å². The molecule has 0 aliphatic rings. The predicted octanol–water partition coefficient (Wildman–Crippen LogP) is 3.74. The van der Waals surface area contributed by atoms with Crippen LogP contribution in [0.3, 0.4) is 0 Å². The minimum Gasteiger partial charge on any atom is -0.361 e. The molecule has 0 amide bonds. The van der Waals surface area contributed by atoms with Crippen LogP contribution in [-0.4, -0.2) is 26.3 Å². The van der Waals surface area contributed by atoms with E-state index in [-0.39, 0.29) is 0 Å². The molecule has 0 unspecified atom stereocenters. The summed E-state index contributed by atoms with van der Waals surface area (Å²) in [7, 11) is 0. The molecule has 3 aromatic rings. The molecule has 0 aliphatic carbocycles. The molecule has 2 heterocycles. The van der Waals surface area contributed by atoms with Crippen LogP contribution in [0.25, 0.3) is 10.9 Å². The number of rotatable bonds is 8. The summed E-state index contributed by atoms with van der Waals surface area (Å²) in [6, 6.07) is 8.19. The number of aryl methyl sites for hydroxylation is 1. The number of carbonyl (C=O) groups is 1. The highest BCUT2D eigenvalue weighted by Gasteiger charge is 2.14. The maximum Gasteiger partial charge on any atom is 0.172 e. The molecule has 0 saturated heterocycles. The Morgan fingerprint density at radius 1 is 1.22 bits per heavy atom. The first-order valence-electron chi connectivity index (χ1n) is 8.26. The fraction of sp³-hybridized carbons (Fsp3) is 0.389. The van der Waals surface area contributed by atoms with Gasteiger partial charge in [0.15, 0.2) is 6.29 Å². The summed E-state index contributed by atoms with van der Waals surface area (Å²) < 4.78 is 1.89. The number of H-pyrrole nitrogens is 1. The lowest BCUT2D eigenvalue weighted by atomic mass is 10.1. The first-order chi connectivity index (χ1) is 11.3. The SMILES string of the molecule is CCCCCCn1nnc(C=O)c1Cc1c[nH]c2ccccc12. The summed E-state index contributed by atoms with van der Waals surface area (Å²) in [5.74, 6) is 0. The third kappa shape index (κ3) is 3.33. The number of fused-ring (bicyclic) bond motifs is 1. The minimum atomic E-state index is 0.450. The van der Waals surface area contributed by atoms with Gasteiger partial charge in [-0.25, -0.2) is 4.68 Å². The highest BCUT2D eigenvalue weighted by molar-refractivity contribution is 5.83. The van der Waals surface area contributed by atoms with Crippen molar-refractivity contribution >= 4 is 17.2 Å². The molecular weight excluding hydrogens is 288 g/mol. The summed E-state index contributed by atoms with van der Waals surface area (Å²) in [5, 5.41) is 9.38. The molecule has 0 bridgehead atoms. The minimum absolute atomic E-state index is 0.450. The summed E-state index contributed by atoms with van der Waals surface area (Å²) in [4.78, 5) is 14.6. The molecule has 23 heavy (non-hydrogen) atoms. The van der Waals surface area contributed by atoms with E-state index in [2.05, 4.69) is 34.4 Å². The van der Waals surface area contributed by atoms with Crippen LogP contribution in [0.2, 0.25) is 0 Å². The third-order valence-corrected chi connectivity index (χ3v) is 4.24. The van der Waals surface area contributed by atoms with Crippen LogP contribution in [0.4, 0.5) is 0 Å². The van der Waals surface area contributed by atoms with Crippen LogP contribution in [-0.2, 0) is 13.0 Å². The van der Waals surface area contributed by atoms with Gasteiger partial charge in [0, 0.05) is 30.1 Å². The van der Waals surface area contributed by atoms with Gasteiger partial charge in [-0.15, -0.1) is 5.10 Å². The Hall–Kier alpha value is -2.43. The molecule has 0 radical (unpaired) electrons. The van der Waals surface area contributed by atoms with Crippen molar-refractivity contribution in [2.45, 2.75) is 45.6 Å². The topological polar surface area (TPSA) is 63.6 Å². The smallest absolute Gasteiger partial charge is 0.172 e. The number of aldehydes is 1. The molecule has 0 saturated carbocycles. The summed E-state index contributed by atoms with van der Waals surface area (Å²) >= 11 is 0. The molecule has 0 spiro atoms. The number of carbonyl (C=O) groups excluding carboxylic acids is 1. The van der Waals surface area contributed by atoms with Gasteiger partial charge in [0.25, 0.3) is 0 Å². The fourth-order valence-electron chi connectivity index (χ4n) is 2.95. The van der Waals surface area contributed by atoms with Crippen molar-refractivity contribution in [2.75, 3.05) is 0 Å². The zero-order chi connectivity index (χ0) is 16.1. The predicted molar refractivity (Wildman–Crippen MR) is 90.7 cm³/mol. The number of hydrogen-bond donors (Lipinski definition) is 1. The van der Waals surface area contributed by atoms with E-state index in [0.717, 1.165) is 30.5 Å². The second kappa shape index (κ2) is 7.22. The normalized spacial score (nSPS) is 11.2. The van der Waals surface area contributed by atoms with E-state index in [1.54, 1.807) is 0 Å². The van der Waals surface area contributed by atoms with Crippen LogP contribution in [0.15, 0.2) is 30.5 Å². The van der Waals surface area contributed by atoms with Crippen molar-refractivity contribution in [3.05, 3.63) is 47.4 Å². The lowest BCUT2D eigenvalue weighted by Crippen LogP contribution is -2.07. The Morgan fingerprint density at radius 3 is 2.91 bits per heavy atom. The summed E-state index contributed by atoms with van der Waals surface area (Å²) in [6.45, 7) is 3.01. The molecule has 2 aromatic heterocycles. The molecule has 0 aliphatic heterocycles. The lowest BCUT2D eigenvalue weighted by Gasteiger charge is -2.06. The van der Waals surface area contributed by atoms with E-state index in [1.165, 1.54) is 30.2 Å². The van der Waals surface area contributed by atoms with Gasteiger partial charge < -0.3 is 4.98 Å². The van der Waals surface area contributed by atoms with Crippen LogP contribution in [0, 0.1) is 0 Å². The van der Waals surface area contributed by atoms with E-state index in [0.29, 0.717) is 12.1 Å². The fourth-order valence-corrected chi connectivity index (χ4v) is 2.95. The molecule has 0 fully saturated rings. The Kier molecular flexibility index (Phi) is 4.86. The average molecular weight is 310 g/mol. The number of aromatic amines is 1. The van der Waals surface area contributed by atoms with Gasteiger partial charge in [-0.3, -0.25) is 4.79 Å². The average Bonchev–Trinajstić information content (AvgIpc) is 3.17. The number of nitrogens with one attached hydrogen (secondary N) is 1. The maximum atomic E-state index is 11.3. The molecule has 5 nitrogen and oxygen atoms in total. The van der Waals surface area contributed by atoms with Crippen LogP contribution in [0.1, 0.15) is 54.4 Å². The second-order valence-corrected chi connectivity index (χ2v) is 5.86. The Balaban J connectivity index is 1.83. The van der Waals surface area contributed by atoms with Crippen molar-refractivity contribution in [3.8, 4) is 0 Å².